The maximum Gasteiger partial charge on any atom is 0.280 e. The topological polar surface area (TPSA) is 45.8 Å². The fourth-order valence-electron chi connectivity index (χ4n) is 2.76. The Kier molecular flexibility index (Phi) is 3.78. The van der Waals surface area contributed by atoms with Gasteiger partial charge >= 0.3 is 0 Å². The molecule has 4 nitrogen and oxygen atoms in total. The van der Waals surface area contributed by atoms with Crippen molar-refractivity contribution in [2.75, 3.05) is 5.01 Å². The Morgan fingerprint density at radius 3 is 2.32 bits per heavy atom. The summed E-state index contributed by atoms with van der Waals surface area (Å²) in [5, 5.41) is 5.79. The number of anilines is 1. The highest BCUT2D eigenvalue weighted by atomic mass is 16.3. The van der Waals surface area contributed by atoms with Crippen molar-refractivity contribution in [3.63, 3.8) is 0 Å². The number of amides is 1. The van der Waals surface area contributed by atoms with Crippen LogP contribution in [0.2, 0.25) is 0 Å². The Morgan fingerprint density at radius 2 is 1.60 bits per heavy atom. The number of nitrogens with zero attached hydrogens (tertiary/aromatic N) is 2. The lowest BCUT2D eigenvalue weighted by Gasteiger charge is -2.10. The molecule has 3 aromatic rings. The van der Waals surface area contributed by atoms with Gasteiger partial charge in [0.2, 0.25) is 0 Å². The third kappa shape index (κ3) is 2.90. The van der Waals surface area contributed by atoms with Crippen LogP contribution in [0.5, 0.6) is 0 Å². The predicted octanol–water partition coefficient (Wildman–Crippen LogP) is 4.75. The highest BCUT2D eigenvalue weighted by Crippen LogP contribution is 2.27. The molecule has 25 heavy (non-hydrogen) atoms. The molecule has 0 unspecified atom stereocenters. The zero-order valence-corrected chi connectivity index (χ0v) is 13.7. The van der Waals surface area contributed by atoms with E-state index in [0.717, 1.165) is 17.0 Å². The quantitative estimate of drug-likeness (QED) is 0.651. The number of hydrazone groups is 1. The molecule has 2 aromatic carbocycles. The number of carbonyl (C=O) groups is 1. The van der Waals surface area contributed by atoms with Gasteiger partial charge in [0.1, 0.15) is 11.5 Å². The van der Waals surface area contributed by atoms with E-state index in [1.807, 2.05) is 79.7 Å². The monoisotopic (exact) mass is 328 g/mol. The molecule has 0 N–H and O–H groups in total. The van der Waals surface area contributed by atoms with Gasteiger partial charge in [0, 0.05) is 5.56 Å². The van der Waals surface area contributed by atoms with E-state index >= 15 is 0 Å². The number of hydrogen-bond donors (Lipinski definition) is 0. The van der Waals surface area contributed by atoms with Crippen molar-refractivity contribution in [1.29, 1.82) is 0 Å². The first-order chi connectivity index (χ1) is 12.2. The number of rotatable bonds is 3. The molecule has 0 aliphatic carbocycles. The summed E-state index contributed by atoms with van der Waals surface area (Å²) in [6, 6.07) is 23.0. The first-order valence-electron chi connectivity index (χ1n) is 8.04. The van der Waals surface area contributed by atoms with Crippen molar-refractivity contribution >= 4 is 23.4 Å². The fraction of sp³-hybridized carbons (Fsp3) is 0.0476. The molecule has 0 spiro atoms. The first-order valence-corrected chi connectivity index (χ1v) is 8.04. The maximum absolute atomic E-state index is 12.7. The van der Waals surface area contributed by atoms with E-state index < -0.39 is 0 Å². The summed E-state index contributed by atoms with van der Waals surface area (Å²) in [6.45, 7) is 1.83. The van der Waals surface area contributed by atoms with Gasteiger partial charge < -0.3 is 4.42 Å². The van der Waals surface area contributed by atoms with E-state index in [4.69, 9.17) is 4.42 Å². The Balaban J connectivity index is 1.63. The Labute approximate surface area is 145 Å². The molecule has 1 amide bonds. The minimum atomic E-state index is -0.152. The van der Waals surface area contributed by atoms with Crippen LogP contribution in [-0.4, -0.2) is 11.6 Å². The Morgan fingerprint density at radius 1 is 0.920 bits per heavy atom. The average molecular weight is 328 g/mol. The number of para-hydroxylation sites is 1. The van der Waals surface area contributed by atoms with Crippen LogP contribution < -0.4 is 5.01 Å². The van der Waals surface area contributed by atoms with Gasteiger partial charge in [0.05, 0.1) is 17.0 Å². The highest BCUT2D eigenvalue weighted by molar-refractivity contribution is 6.32. The van der Waals surface area contributed by atoms with Crippen molar-refractivity contribution in [3.8, 4) is 11.3 Å². The standard InChI is InChI=1S/C21H16N2O2/c1-15-19(21(24)23(22-15)17-10-6-3-7-11-17)14-18-12-13-20(25-18)16-8-4-2-5-9-16/h2-14H,1H3/b19-14-. The first kappa shape index (κ1) is 15.1. The van der Waals surface area contributed by atoms with E-state index in [1.165, 1.54) is 5.01 Å². The lowest BCUT2D eigenvalue weighted by Crippen LogP contribution is -2.21. The number of carbonyl (C=O) groups excluding carboxylic acids is 1. The highest BCUT2D eigenvalue weighted by Gasteiger charge is 2.28. The number of benzene rings is 2. The van der Waals surface area contributed by atoms with Gasteiger partial charge in [-0.1, -0.05) is 48.5 Å². The van der Waals surface area contributed by atoms with Gasteiger partial charge in [-0.15, -0.1) is 0 Å². The van der Waals surface area contributed by atoms with Gasteiger partial charge in [0.15, 0.2) is 0 Å². The molecule has 4 rings (SSSR count). The van der Waals surface area contributed by atoms with Crippen LogP contribution in [0.3, 0.4) is 0 Å². The lowest BCUT2D eigenvalue weighted by atomic mass is 10.1. The summed E-state index contributed by atoms with van der Waals surface area (Å²) in [5.41, 5.74) is 2.96. The molecule has 1 aliphatic heterocycles. The summed E-state index contributed by atoms with van der Waals surface area (Å²) in [6.07, 6.45) is 1.75. The Bertz CT molecular complexity index is 969. The van der Waals surface area contributed by atoms with E-state index in [9.17, 15) is 4.79 Å². The molecular weight excluding hydrogens is 312 g/mol. The molecule has 0 fully saturated rings. The van der Waals surface area contributed by atoms with Crippen molar-refractivity contribution < 1.29 is 9.21 Å². The zero-order valence-electron chi connectivity index (χ0n) is 13.7. The third-order valence-electron chi connectivity index (χ3n) is 4.04. The normalized spacial score (nSPS) is 15.7. The third-order valence-corrected chi connectivity index (χ3v) is 4.04. The lowest BCUT2D eigenvalue weighted by molar-refractivity contribution is -0.114. The Hall–Kier alpha value is -3.40. The van der Waals surface area contributed by atoms with E-state index in [0.29, 0.717) is 17.0 Å². The van der Waals surface area contributed by atoms with Gasteiger partial charge in [-0.05, 0) is 37.3 Å². The van der Waals surface area contributed by atoms with Gasteiger partial charge in [-0.2, -0.15) is 10.1 Å². The van der Waals surface area contributed by atoms with Crippen LogP contribution >= 0.6 is 0 Å². The van der Waals surface area contributed by atoms with Gasteiger partial charge in [-0.3, -0.25) is 4.79 Å². The predicted molar refractivity (Wildman–Crippen MR) is 99.2 cm³/mol. The van der Waals surface area contributed by atoms with Crippen LogP contribution in [0.25, 0.3) is 17.4 Å². The number of furan rings is 1. The molecule has 0 saturated heterocycles. The number of hydrogen-bond acceptors (Lipinski definition) is 3. The second-order valence-corrected chi connectivity index (χ2v) is 5.76. The largest absolute Gasteiger partial charge is 0.457 e. The summed E-state index contributed by atoms with van der Waals surface area (Å²) in [7, 11) is 0. The molecule has 1 aromatic heterocycles. The van der Waals surface area contributed by atoms with Crippen molar-refractivity contribution in [3.05, 3.63) is 84.1 Å². The van der Waals surface area contributed by atoms with Crippen molar-refractivity contribution in [1.82, 2.24) is 0 Å². The van der Waals surface area contributed by atoms with Gasteiger partial charge in [0.25, 0.3) is 5.91 Å². The molecule has 4 heteroatoms. The van der Waals surface area contributed by atoms with Crippen LogP contribution in [0.15, 0.2) is 87.9 Å². The van der Waals surface area contributed by atoms with E-state index in [-0.39, 0.29) is 5.91 Å². The molecule has 0 atom stereocenters. The van der Waals surface area contributed by atoms with Crippen molar-refractivity contribution in [2.45, 2.75) is 6.92 Å². The van der Waals surface area contributed by atoms with Crippen molar-refractivity contribution in [2.24, 2.45) is 5.10 Å². The summed E-state index contributed by atoms with van der Waals surface area (Å²) in [5.74, 6) is 1.25. The molecule has 122 valence electrons. The SMILES string of the molecule is CC1=NN(c2ccccc2)C(=O)/C1=C\c1ccc(-c2ccccc2)o1. The van der Waals surface area contributed by atoms with Crippen LogP contribution in [0, 0.1) is 0 Å². The van der Waals surface area contributed by atoms with Gasteiger partial charge in [-0.25, -0.2) is 0 Å². The van der Waals surface area contributed by atoms with E-state index in [1.54, 1.807) is 6.08 Å². The summed E-state index contributed by atoms with van der Waals surface area (Å²) in [4.78, 5) is 12.7. The fourth-order valence-corrected chi connectivity index (χ4v) is 2.76. The second kappa shape index (κ2) is 6.24. The minimum absolute atomic E-state index is 0.152. The molecule has 0 saturated carbocycles. The summed E-state index contributed by atoms with van der Waals surface area (Å²) >= 11 is 0. The second-order valence-electron chi connectivity index (χ2n) is 5.76. The molecule has 2 heterocycles. The average Bonchev–Trinajstić information content (AvgIpc) is 3.23. The summed E-state index contributed by atoms with van der Waals surface area (Å²) < 4.78 is 5.87. The van der Waals surface area contributed by atoms with Crippen LogP contribution in [-0.2, 0) is 4.79 Å². The minimum Gasteiger partial charge on any atom is -0.457 e. The van der Waals surface area contributed by atoms with Crippen LogP contribution in [0.4, 0.5) is 5.69 Å². The molecular formula is C21H16N2O2. The molecule has 0 bridgehead atoms. The smallest absolute Gasteiger partial charge is 0.280 e. The molecule has 1 aliphatic rings. The molecule has 0 radical (unpaired) electrons. The maximum atomic E-state index is 12.7. The van der Waals surface area contributed by atoms with Crippen LogP contribution in [0.1, 0.15) is 12.7 Å². The zero-order chi connectivity index (χ0) is 17.2. The van der Waals surface area contributed by atoms with E-state index in [2.05, 4.69) is 5.10 Å².